The van der Waals surface area contributed by atoms with Crippen molar-refractivity contribution in [2.24, 2.45) is 5.10 Å². The third-order valence-corrected chi connectivity index (χ3v) is 4.35. The molecule has 0 radical (unpaired) electrons. The normalized spacial score (nSPS) is 10.9. The minimum atomic E-state index is -0.397. The average molecular weight is 492 g/mol. The first-order chi connectivity index (χ1) is 13.6. The number of halogens is 1. The van der Waals surface area contributed by atoms with E-state index in [9.17, 15) is 9.90 Å². The zero-order valence-electron chi connectivity index (χ0n) is 14.9. The Balaban J connectivity index is 1.60. The largest absolute Gasteiger partial charge is 0.504 e. The summed E-state index contributed by atoms with van der Waals surface area (Å²) >= 11 is 2.00. The van der Waals surface area contributed by atoms with Gasteiger partial charge in [0.1, 0.15) is 6.54 Å². The molecule has 9 nitrogen and oxygen atoms in total. The molecule has 1 aromatic heterocycles. The van der Waals surface area contributed by atoms with Crippen molar-refractivity contribution in [1.29, 1.82) is 0 Å². The molecule has 10 heteroatoms. The van der Waals surface area contributed by atoms with E-state index in [0.717, 1.165) is 5.56 Å². The molecule has 3 aromatic rings. The van der Waals surface area contributed by atoms with E-state index in [-0.39, 0.29) is 12.3 Å². The molecule has 2 aromatic carbocycles. The number of benzene rings is 2. The van der Waals surface area contributed by atoms with Gasteiger partial charge in [0.2, 0.25) is 5.82 Å². The first-order valence-electron chi connectivity index (χ1n) is 8.37. The van der Waals surface area contributed by atoms with Gasteiger partial charge in [0.25, 0.3) is 5.91 Å². The van der Waals surface area contributed by atoms with Crippen molar-refractivity contribution in [3.63, 3.8) is 0 Å². The summed E-state index contributed by atoms with van der Waals surface area (Å²) in [6.45, 7) is 2.14. The van der Waals surface area contributed by atoms with E-state index in [4.69, 9.17) is 4.74 Å². The molecular formula is C18H17IN6O3. The van der Waals surface area contributed by atoms with Crippen LogP contribution in [0, 0.1) is 3.57 Å². The van der Waals surface area contributed by atoms with Crippen molar-refractivity contribution in [3.05, 3.63) is 51.6 Å². The predicted molar refractivity (Wildman–Crippen MR) is 111 cm³/mol. The number of carbonyl (C=O) groups is 1. The summed E-state index contributed by atoms with van der Waals surface area (Å²) in [5.74, 6) is 0.489. The van der Waals surface area contributed by atoms with Gasteiger partial charge in [-0.15, -0.1) is 10.2 Å². The lowest BCUT2D eigenvalue weighted by Crippen LogP contribution is -2.24. The maximum absolute atomic E-state index is 12.0. The van der Waals surface area contributed by atoms with Gasteiger partial charge < -0.3 is 9.84 Å². The third kappa shape index (κ3) is 5.03. The highest BCUT2D eigenvalue weighted by molar-refractivity contribution is 14.1. The SMILES string of the molecule is CCOc1cc(/C=N/NC(=O)Cn2nnc(-c3ccccc3)n2)cc(I)c1O. The summed E-state index contributed by atoms with van der Waals surface area (Å²) in [4.78, 5) is 13.2. The Morgan fingerprint density at radius 2 is 2.14 bits per heavy atom. The Hall–Kier alpha value is -3.02. The molecule has 0 aliphatic carbocycles. The van der Waals surface area contributed by atoms with Crippen LogP contribution >= 0.6 is 22.6 Å². The topological polar surface area (TPSA) is 115 Å². The highest BCUT2D eigenvalue weighted by Crippen LogP contribution is 2.32. The van der Waals surface area contributed by atoms with E-state index >= 15 is 0 Å². The second-order valence-electron chi connectivity index (χ2n) is 5.59. The number of amides is 1. The molecule has 2 N–H and O–H groups in total. The van der Waals surface area contributed by atoms with Crippen LogP contribution in [0.15, 0.2) is 47.6 Å². The average Bonchev–Trinajstić information content (AvgIpc) is 3.15. The molecule has 1 heterocycles. The van der Waals surface area contributed by atoms with E-state index in [0.29, 0.717) is 27.3 Å². The molecule has 0 aliphatic heterocycles. The van der Waals surface area contributed by atoms with E-state index in [2.05, 4.69) is 25.9 Å². The van der Waals surface area contributed by atoms with Crippen molar-refractivity contribution in [2.45, 2.75) is 13.5 Å². The van der Waals surface area contributed by atoms with Crippen LogP contribution < -0.4 is 10.2 Å². The minimum absolute atomic E-state index is 0.0788. The summed E-state index contributed by atoms with van der Waals surface area (Å²) in [6.07, 6.45) is 1.46. The fourth-order valence-corrected chi connectivity index (χ4v) is 2.91. The number of nitrogens with zero attached hydrogens (tertiary/aromatic N) is 5. The van der Waals surface area contributed by atoms with Crippen LogP contribution in [0.1, 0.15) is 12.5 Å². The Labute approximate surface area is 174 Å². The number of nitrogens with one attached hydrogen (secondary N) is 1. The van der Waals surface area contributed by atoms with Crippen LogP contribution in [0.5, 0.6) is 11.5 Å². The van der Waals surface area contributed by atoms with E-state index < -0.39 is 5.91 Å². The number of phenolic OH excluding ortho intramolecular Hbond substituents is 1. The Morgan fingerprint density at radius 1 is 1.36 bits per heavy atom. The van der Waals surface area contributed by atoms with Crippen LogP contribution in [-0.2, 0) is 11.3 Å². The third-order valence-electron chi connectivity index (χ3n) is 3.52. The van der Waals surface area contributed by atoms with Gasteiger partial charge in [0, 0.05) is 5.56 Å². The van der Waals surface area contributed by atoms with Gasteiger partial charge in [-0.3, -0.25) is 4.79 Å². The van der Waals surface area contributed by atoms with E-state index in [1.165, 1.54) is 11.0 Å². The van der Waals surface area contributed by atoms with Gasteiger partial charge in [-0.2, -0.15) is 9.90 Å². The van der Waals surface area contributed by atoms with Gasteiger partial charge in [0.15, 0.2) is 11.5 Å². The fourth-order valence-electron chi connectivity index (χ4n) is 2.29. The number of tetrazole rings is 1. The monoisotopic (exact) mass is 492 g/mol. The summed E-state index contributed by atoms with van der Waals surface area (Å²) in [7, 11) is 0. The molecule has 1 amide bonds. The van der Waals surface area contributed by atoms with Gasteiger partial charge >= 0.3 is 0 Å². The van der Waals surface area contributed by atoms with Crippen LogP contribution in [0.2, 0.25) is 0 Å². The van der Waals surface area contributed by atoms with Gasteiger partial charge in [-0.05, 0) is 52.4 Å². The molecule has 0 saturated carbocycles. The molecule has 0 aliphatic rings. The Kier molecular flexibility index (Phi) is 6.53. The summed E-state index contributed by atoms with van der Waals surface area (Å²) in [5, 5.41) is 25.8. The standard InChI is InChI=1S/C18H17IN6O3/c1-2-28-15-9-12(8-14(19)17(15)27)10-20-21-16(26)11-25-23-18(22-24-25)13-6-4-3-5-7-13/h3-10,27H,2,11H2,1H3,(H,21,26)/b20-10+. The van der Waals surface area contributed by atoms with Crippen molar-refractivity contribution in [2.75, 3.05) is 6.61 Å². The number of hydrogen-bond donors (Lipinski definition) is 2. The molecule has 0 unspecified atom stereocenters. The molecular weight excluding hydrogens is 475 g/mol. The fraction of sp³-hybridized carbons (Fsp3) is 0.167. The number of aromatic nitrogens is 4. The molecule has 0 atom stereocenters. The van der Waals surface area contributed by atoms with Crippen molar-refractivity contribution in [3.8, 4) is 22.9 Å². The summed E-state index contributed by atoms with van der Waals surface area (Å²) < 4.78 is 5.99. The smallest absolute Gasteiger partial charge is 0.263 e. The Bertz CT molecular complexity index is 990. The van der Waals surface area contributed by atoms with Gasteiger partial charge in [-0.25, -0.2) is 5.43 Å². The van der Waals surface area contributed by atoms with E-state index in [1.54, 1.807) is 12.1 Å². The van der Waals surface area contributed by atoms with Crippen molar-refractivity contribution < 1.29 is 14.6 Å². The number of hydrogen-bond acceptors (Lipinski definition) is 7. The molecule has 0 bridgehead atoms. The number of hydrazone groups is 1. The first kappa shape index (κ1) is 19.7. The van der Waals surface area contributed by atoms with Crippen molar-refractivity contribution >= 4 is 34.7 Å². The number of phenols is 1. The first-order valence-corrected chi connectivity index (χ1v) is 9.45. The van der Waals surface area contributed by atoms with Crippen LogP contribution in [0.25, 0.3) is 11.4 Å². The second-order valence-corrected chi connectivity index (χ2v) is 6.75. The highest BCUT2D eigenvalue weighted by Gasteiger charge is 2.10. The molecule has 0 fully saturated rings. The molecule has 0 spiro atoms. The number of rotatable bonds is 7. The molecule has 3 rings (SSSR count). The lowest BCUT2D eigenvalue weighted by Gasteiger charge is -2.08. The molecule has 144 valence electrons. The number of carbonyl (C=O) groups excluding carboxylic acids is 1. The maximum atomic E-state index is 12.0. The predicted octanol–water partition coefficient (Wildman–Crippen LogP) is 2.20. The lowest BCUT2D eigenvalue weighted by molar-refractivity contribution is -0.122. The van der Waals surface area contributed by atoms with Crippen LogP contribution in [0.4, 0.5) is 0 Å². The van der Waals surface area contributed by atoms with Crippen molar-refractivity contribution in [1.82, 2.24) is 25.6 Å². The summed E-state index contributed by atoms with van der Waals surface area (Å²) in [6, 6.07) is 12.7. The van der Waals surface area contributed by atoms with Gasteiger partial charge in [0.05, 0.1) is 16.4 Å². The second kappa shape index (κ2) is 9.26. The maximum Gasteiger partial charge on any atom is 0.263 e. The number of ether oxygens (including phenoxy) is 1. The molecule has 0 saturated heterocycles. The molecule has 28 heavy (non-hydrogen) atoms. The van der Waals surface area contributed by atoms with Crippen LogP contribution in [-0.4, -0.2) is 44.0 Å². The minimum Gasteiger partial charge on any atom is -0.504 e. The van der Waals surface area contributed by atoms with Gasteiger partial charge in [-0.1, -0.05) is 30.3 Å². The number of aromatic hydroxyl groups is 1. The zero-order valence-corrected chi connectivity index (χ0v) is 17.1. The lowest BCUT2D eigenvalue weighted by atomic mass is 10.2. The highest BCUT2D eigenvalue weighted by atomic mass is 127. The van der Waals surface area contributed by atoms with E-state index in [1.807, 2.05) is 59.8 Å². The zero-order chi connectivity index (χ0) is 19.9. The Morgan fingerprint density at radius 3 is 2.89 bits per heavy atom. The summed E-state index contributed by atoms with van der Waals surface area (Å²) in [5.41, 5.74) is 3.91. The van der Waals surface area contributed by atoms with Crippen LogP contribution in [0.3, 0.4) is 0 Å². The quantitative estimate of drug-likeness (QED) is 0.297.